The standard InChI is InChI=1S/C12H14N4O3/c1-12(2,3)13-11-15-14-10(19-11)8-4-6-9(7-5-8)16(17)18/h4-7H,1-3H3,(H,13,15). The first-order valence-electron chi connectivity index (χ1n) is 5.72. The van der Waals surface area contributed by atoms with Gasteiger partial charge < -0.3 is 9.73 Å². The number of nitrogens with one attached hydrogen (secondary N) is 1. The lowest BCUT2D eigenvalue weighted by molar-refractivity contribution is -0.384. The highest BCUT2D eigenvalue weighted by Gasteiger charge is 2.15. The third-order valence-electron chi connectivity index (χ3n) is 2.23. The van der Waals surface area contributed by atoms with E-state index in [0.717, 1.165) is 0 Å². The van der Waals surface area contributed by atoms with Gasteiger partial charge in [0.05, 0.1) is 4.92 Å². The highest BCUT2D eigenvalue weighted by Crippen LogP contribution is 2.23. The number of aromatic nitrogens is 2. The summed E-state index contributed by atoms with van der Waals surface area (Å²) in [7, 11) is 0. The van der Waals surface area contributed by atoms with Crippen LogP contribution >= 0.6 is 0 Å². The van der Waals surface area contributed by atoms with Gasteiger partial charge in [-0.2, -0.15) is 0 Å². The number of nitro groups is 1. The lowest BCUT2D eigenvalue weighted by Crippen LogP contribution is -2.26. The number of anilines is 1. The maximum Gasteiger partial charge on any atom is 0.316 e. The molecule has 0 radical (unpaired) electrons. The number of nitro benzene ring substituents is 1. The molecule has 0 aliphatic carbocycles. The highest BCUT2D eigenvalue weighted by atomic mass is 16.6. The van der Waals surface area contributed by atoms with E-state index in [9.17, 15) is 10.1 Å². The third-order valence-corrected chi connectivity index (χ3v) is 2.23. The molecule has 0 atom stereocenters. The maximum atomic E-state index is 10.6. The van der Waals surface area contributed by atoms with E-state index in [-0.39, 0.29) is 11.2 Å². The number of non-ortho nitro benzene ring substituents is 1. The predicted molar refractivity (Wildman–Crippen MR) is 69.8 cm³/mol. The number of nitrogens with zero attached hydrogens (tertiary/aromatic N) is 3. The summed E-state index contributed by atoms with van der Waals surface area (Å²) in [6.45, 7) is 5.92. The molecule has 100 valence electrons. The molecule has 1 heterocycles. The van der Waals surface area contributed by atoms with Crippen molar-refractivity contribution in [3.63, 3.8) is 0 Å². The van der Waals surface area contributed by atoms with Crippen LogP contribution in [0.15, 0.2) is 28.7 Å². The smallest absolute Gasteiger partial charge is 0.316 e. The zero-order chi connectivity index (χ0) is 14.0. The summed E-state index contributed by atoms with van der Waals surface area (Å²) in [6.07, 6.45) is 0. The van der Waals surface area contributed by atoms with Crippen LogP contribution in [-0.2, 0) is 0 Å². The molecule has 0 spiro atoms. The lowest BCUT2D eigenvalue weighted by atomic mass is 10.1. The quantitative estimate of drug-likeness (QED) is 0.675. The Kier molecular flexibility index (Phi) is 3.20. The first-order chi connectivity index (χ1) is 8.85. The molecule has 7 nitrogen and oxygen atoms in total. The van der Waals surface area contributed by atoms with Crippen molar-refractivity contribution < 1.29 is 9.34 Å². The van der Waals surface area contributed by atoms with E-state index in [0.29, 0.717) is 17.5 Å². The summed E-state index contributed by atoms with van der Waals surface area (Å²) in [5, 5.41) is 21.4. The van der Waals surface area contributed by atoms with Gasteiger partial charge in [0.1, 0.15) is 0 Å². The molecule has 1 aromatic carbocycles. The first kappa shape index (κ1) is 13.0. The number of benzene rings is 1. The van der Waals surface area contributed by atoms with Crippen molar-refractivity contribution in [1.82, 2.24) is 10.2 Å². The van der Waals surface area contributed by atoms with Crippen molar-refractivity contribution >= 4 is 11.7 Å². The summed E-state index contributed by atoms with van der Waals surface area (Å²) in [4.78, 5) is 10.1. The minimum atomic E-state index is -0.454. The topological polar surface area (TPSA) is 94.1 Å². The van der Waals surface area contributed by atoms with E-state index in [1.807, 2.05) is 20.8 Å². The summed E-state index contributed by atoms with van der Waals surface area (Å²) in [6, 6.07) is 6.27. The largest absolute Gasteiger partial charge is 0.403 e. The monoisotopic (exact) mass is 262 g/mol. The van der Waals surface area contributed by atoms with Crippen LogP contribution in [0.2, 0.25) is 0 Å². The summed E-state index contributed by atoms with van der Waals surface area (Å²) < 4.78 is 5.44. The van der Waals surface area contributed by atoms with E-state index in [4.69, 9.17) is 4.42 Å². The van der Waals surface area contributed by atoms with Crippen LogP contribution in [0.1, 0.15) is 20.8 Å². The molecule has 0 saturated carbocycles. The molecule has 7 heteroatoms. The van der Waals surface area contributed by atoms with Crippen molar-refractivity contribution in [3.05, 3.63) is 34.4 Å². The molecule has 0 aliphatic rings. The van der Waals surface area contributed by atoms with E-state index < -0.39 is 4.92 Å². The molecule has 0 unspecified atom stereocenters. The maximum absolute atomic E-state index is 10.6. The fourth-order valence-corrected chi connectivity index (χ4v) is 1.44. The molecule has 0 fully saturated rings. The Balaban J connectivity index is 2.20. The molecule has 0 bridgehead atoms. The lowest BCUT2D eigenvalue weighted by Gasteiger charge is -2.17. The Labute approximate surface area is 109 Å². The van der Waals surface area contributed by atoms with Crippen molar-refractivity contribution in [2.75, 3.05) is 5.32 Å². The molecule has 0 aliphatic heterocycles. The van der Waals surface area contributed by atoms with Gasteiger partial charge in [-0.25, -0.2) is 0 Å². The molecular weight excluding hydrogens is 248 g/mol. The normalized spacial score (nSPS) is 11.3. The average molecular weight is 262 g/mol. The third kappa shape index (κ3) is 3.27. The molecule has 1 N–H and O–H groups in total. The van der Waals surface area contributed by atoms with Crippen LogP contribution in [0.4, 0.5) is 11.7 Å². The van der Waals surface area contributed by atoms with Crippen LogP contribution in [0, 0.1) is 10.1 Å². The fraction of sp³-hybridized carbons (Fsp3) is 0.333. The molecule has 0 saturated heterocycles. The van der Waals surface area contributed by atoms with Crippen molar-refractivity contribution in [3.8, 4) is 11.5 Å². The zero-order valence-electron chi connectivity index (χ0n) is 10.9. The Hall–Kier alpha value is -2.44. The number of rotatable bonds is 3. The minimum Gasteiger partial charge on any atom is -0.403 e. The van der Waals surface area contributed by atoms with Gasteiger partial charge in [-0.1, -0.05) is 5.10 Å². The Morgan fingerprint density at radius 2 is 1.84 bits per heavy atom. The molecular formula is C12H14N4O3. The van der Waals surface area contributed by atoms with Crippen LogP contribution in [-0.4, -0.2) is 20.7 Å². The predicted octanol–water partition coefficient (Wildman–Crippen LogP) is 2.86. The van der Waals surface area contributed by atoms with Crippen LogP contribution in [0.3, 0.4) is 0 Å². The second-order valence-corrected chi connectivity index (χ2v) is 5.09. The van der Waals surface area contributed by atoms with Gasteiger partial charge >= 0.3 is 6.01 Å². The Morgan fingerprint density at radius 1 is 1.21 bits per heavy atom. The van der Waals surface area contributed by atoms with E-state index in [2.05, 4.69) is 15.5 Å². The van der Waals surface area contributed by atoms with Crippen molar-refractivity contribution in [1.29, 1.82) is 0 Å². The zero-order valence-corrected chi connectivity index (χ0v) is 10.9. The second-order valence-electron chi connectivity index (χ2n) is 5.09. The van der Waals surface area contributed by atoms with Gasteiger partial charge in [-0.05, 0) is 32.9 Å². The van der Waals surface area contributed by atoms with Crippen molar-refractivity contribution in [2.45, 2.75) is 26.3 Å². The van der Waals surface area contributed by atoms with Gasteiger partial charge in [0, 0.05) is 23.2 Å². The summed E-state index contributed by atoms with van der Waals surface area (Å²) >= 11 is 0. The molecule has 1 aromatic heterocycles. The molecule has 2 aromatic rings. The Morgan fingerprint density at radius 3 is 2.37 bits per heavy atom. The van der Waals surface area contributed by atoms with Crippen LogP contribution < -0.4 is 5.32 Å². The molecule has 19 heavy (non-hydrogen) atoms. The number of hydrogen-bond donors (Lipinski definition) is 1. The van der Waals surface area contributed by atoms with Crippen molar-refractivity contribution in [2.24, 2.45) is 0 Å². The number of hydrogen-bond acceptors (Lipinski definition) is 6. The van der Waals surface area contributed by atoms with Gasteiger partial charge in [0.15, 0.2) is 0 Å². The van der Waals surface area contributed by atoms with Crippen LogP contribution in [0.25, 0.3) is 11.5 Å². The fourth-order valence-electron chi connectivity index (χ4n) is 1.44. The second kappa shape index (κ2) is 4.68. The van der Waals surface area contributed by atoms with Gasteiger partial charge in [0.25, 0.3) is 5.69 Å². The average Bonchev–Trinajstić information content (AvgIpc) is 2.75. The van der Waals surface area contributed by atoms with E-state index in [1.54, 1.807) is 12.1 Å². The van der Waals surface area contributed by atoms with Gasteiger partial charge in [-0.15, -0.1) is 5.10 Å². The van der Waals surface area contributed by atoms with E-state index >= 15 is 0 Å². The molecule has 2 rings (SSSR count). The first-order valence-corrected chi connectivity index (χ1v) is 5.72. The van der Waals surface area contributed by atoms with Gasteiger partial charge in [0.2, 0.25) is 5.89 Å². The molecule has 0 amide bonds. The van der Waals surface area contributed by atoms with E-state index in [1.165, 1.54) is 12.1 Å². The minimum absolute atomic E-state index is 0.0244. The SMILES string of the molecule is CC(C)(C)Nc1nnc(-c2ccc([N+](=O)[O-])cc2)o1. The summed E-state index contributed by atoms with van der Waals surface area (Å²) in [5.41, 5.74) is 0.482. The van der Waals surface area contributed by atoms with Gasteiger partial charge in [-0.3, -0.25) is 10.1 Å². The summed E-state index contributed by atoms with van der Waals surface area (Å²) in [5.74, 6) is 0.321. The van der Waals surface area contributed by atoms with Crippen LogP contribution in [0.5, 0.6) is 0 Å². The highest BCUT2D eigenvalue weighted by molar-refractivity contribution is 5.56. The Bertz CT molecular complexity index is 584.